The molecule has 63 heavy (non-hydrogen) atoms. The van der Waals surface area contributed by atoms with Crippen molar-refractivity contribution in [3.05, 3.63) is 253 Å². The minimum Gasteiger partial charge on any atom is -0.334 e. The first-order valence-corrected chi connectivity index (χ1v) is 23.2. The summed E-state index contributed by atoms with van der Waals surface area (Å²) in [5.74, 6) is 1.33. The maximum atomic E-state index is 2.68. The molecule has 7 unspecified atom stereocenters. The molecule has 0 bridgehead atoms. The first-order chi connectivity index (χ1) is 31.3. The van der Waals surface area contributed by atoms with E-state index in [0.717, 1.165) is 6.42 Å². The highest BCUT2D eigenvalue weighted by atomic mass is 15.2. The fraction of sp³-hybridized carbons (Fsp3) is 0.180. The molecule has 2 nitrogen and oxygen atoms in total. The predicted molar refractivity (Wildman–Crippen MR) is 264 cm³/mol. The average molecular weight is 813 g/mol. The minimum atomic E-state index is -0.296. The van der Waals surface area contributed by atoms with Crippen LogP contribution in [0.15, 0.2) is 236 Å². The second kappa shape index (κ2) is 15.8. The molecule has 0 N–H and O–H groups in total. The highest BCUT2D eigenvalue weighted by Crippen LogP contribution is 2.69. The van der Waals surface area contributed by atoms with E-state index < -0.39 is 0 Å². The zero-order chi connectivity index (χ0) is 41.7. The Balaban J connectivity index is 1.06. The van der Waals surface area contributed by atoms with Crippen molar-refractivity contribution in [1.82, 2.24) is 0 Å². The quantitative estimate of drug-likeness (QED) is 0.141. The van der Waals surface area contributed by atoms with Gasteiger partial charge in [0.25, 0.3) is 0 Å². The van der Waals surface area contributed by atoms with E-state index in [2.05, 4.69) is 240 Å². The monoisotopic (exact) mass is 812 g/mol. The van der Waals surface area contributed by atoms with Gasteiger partial charge in [0, 0.05) is 51.5 Å². The van der Waals surface area contributed by atoms with Crippen LogP contribution in [0.25, 0.3) is 22.3 Å². The van der Waals surface area contributed by atoms with Gasteiger partial charge >= 0.3 is 0 Å². The fourth-order valence-corrected chi connectivity index (χ4v) is 12.5. The van der Waals surface area contributed by atoms with Gasteiger partial charge in [0.1, 0.15) is 0 Å². The summed E-state index contributed by atoms with van der Waals surface area (Å²) in [6.45, 7) is 0. The van der Waals surface area contributed by atoms with Gasteiger partial charge in [-0.05, 0) is 113 Å². The standard InChI is InChI=1S/C61H52N2/c1-5-22-43(23-6-1)48-30-15-19-37-57(48)62(45-26-9-3-10-27-45)47-40-41-51-50-32-13-17-34-53(50)61(56(51)42-47)54-35-18-14-33-52(54)60-55(61)36-21-39-59(60)63(46-28-11-4-12-29-46)58-38-20-16-31-49(58)44-24-7-2-8-25-44/h2-5,7-22,24-26,28-43,45,52,54-55,60H,1,6,23,27H2. The Morgan fingerprint density at radius 2 is 1.22 bits per heavy atom. The molecule has 0 aliphatic heterocycles. The predicted octanol–water partition coefficient (Wildman–Crippen LogP) is 15.4. The highest BCUT2D eigenvalue weighted by Gasteiger charge is 2.64. The van der Waals surface area contributed by atoms with Crippen molar-refractivity contribution in [1.29, 1.82) is 0 Å². The van der Waals surface area contributed by atoms with Crippen LogP contribution in [0.1, 0.15) is 48.3 Å². The second-order valence-corrected chi connectivity index (χ2v) is 18.1. The van der Waals surface area contributed by atoms with Crippen molar-refractivity contribution in [2.45, 2.75) is 43.1 Å². The molecule has 7 atom stereocenters. The van der Waals surface area contributed by atoms with Gasteiger partial charge in [-0.1, -0.05) is 188 Å². The lowest BCUT2D eigenvalue weighted by Gasteiger charge is -2.42. The van der Waals surface area contributed by atoms with Crippen molar-refractivity contribution in [3.8, 4) is 22.3 Å². The van der Waals surface area contributed by atoms with Gasteiger partial charge in [-0.2, -0.15) is 0 Å². The van der Waals surface area contributed by atoms with Crippen LogP contribution < -0.4 is 9.80 Å². The largest absolute Gasteiger partial charge is 0.334 e. The van der Waals surface area contributed by atoms with Crippen molar-refractivity contribution >= 4 is 22.7 Å². The first kappa shape index (κ1) is 37.8. The van der Waals surface area contributed by atoms with Gasteiger partial charge < -0.3 is 9.80 Å². The van der Waals surface area contributed by atoms with Crippen LogP contribution in [0.4, 0.5) is 22.7 Å². The fourth-order valence-electron chi connectivity index (χ4n) is 12.5. The number of nitrogens with zero attached hydrogens (tertiary/aromatic N) is 2. The molecule has 0 saturated heterocycles. The number of benzene rings is 6. The number of anilines is 4. The van der Waals surface area contributed by atoms with E-state index in [9.17, 15) is 0 Å². The lowest BCUT2D eigenvalue weighted by molar-refractivity contribution is 0.368. The third-order valence-electron chi connectivity index (χ3n) is 15.0. The maximum Gasteiger partial charge on any atom is 0.0559 e. The number of rotatable bonds is 8. The van der Waals surface area contributed by atoms with Crippen LogP contribution in [0.3, 0.4) is 0 Å². The average Bonchev–Trinajstić information content (AvgIpc) is 3.83. The van der Waals surface area contributed by atoms with Crippen LogP contribution in [-0.4, -0.2) is 6.04 Å². The Bertz CT molecular complexity index is 2910. The molecular weight excluding hydrogens is 761 g/mol. The molecular formula is C61H52N2. The van der Waals surface area contributed by atoms with Gasteiger partial charge in [0.15, 0.2) is 0 Å². The Morgan fingerprint density at radius 1 is 0.508 bits per heavy atom. The Kier molecular flexibility index (Phi) is 9.47. The number of hydrogen-bond donors (Lipinski definition) is 0. The van der Waals surface area contributed by atoms with E-state index in [0.29, 0.717) is 5.92 Å². The van der Waals surface area contributed by atoms with E-state index in [4.69, 9.17) is 0 Å². The lowest BCUT2D eigenvalue weighted by atomic mass is 9.63. The van der Waals surface area contributed by atoms with Crippen LogP contribution in [-0.2, 0) is 5.41 Å². The highest BCUT2D eigenvalue weighted by molar-refractivity contribution is 5.88. The molecule has 0 heterocycles. The number of fused-ring (bicyclic) bond motifs is 10. The molecule has 6 aliphatic carbocycles. The molecule has 1 fully saturated rings. The molecule has 2 heteroatoms. The summed E-state index contributed by atoms with van der Waals surface area (Å²) < 4.78 is 0. The van der Waals surface area contributed by atoms with Crippen molar-refractivity contribution < 1.29 is 0 Å². The molecule has 0 aromatic heterocycles. The molecule has 6 aromatic carbocycles. The lowest BCUT2D eigenvalue weighted by Crippen LogP contribution is -2.38. The smallest absolute Gasteiger partial charge is 0.0559 e. The summed E-state index contributed by atoms with van der Waals surface area (Å²) in [5.41, 5.74) is 15.6. The van der Waals surface area contributed by atoms with E-state index in [1.54, 1.807) is 0 Å². The van der Waals surface area contributed by atoms with E-state index in [1.165, 1.54) is 86.7 Å². The summed E-state index contributed by atoms with van der Waals surface area (Å²) in [6, 6.07) is 57.3. The zero-order valence-electron chi connectivity index (χ0n) is 35.6. The van der Waals surface area contributed by atoms with Crippen LogP contribution in [0.5, 0.6) is 0 Å². The van der Waals surface area contributed by atoms with Gasteiger partial charge in [-0.15, -0.1) is 0 Å². The molecule has 306 valence electrons. The summed E-state index contributed by atoms with van der Waals surface area (Å²) in [6.07, 6.45) is 35.8. The molecule has 0 amide bonds. The SMILES string of the molecule is C1=CCC(N(c2ccc3c(c2)C2(c4ccccc4-3)C3C=CC=CC3C3C(N(c4ccccc4)c4ccccc4-c4ccccc4)=CC=CC32)c2ccccc2C2C=CCCC2)C=C1. The summed E-state index contributed by atoms with van der Waals surface area (Å²) >= 11 is 0. The summed E-state index contributed by atoms with van der Waals surface area (Å²) in [7, 11) is 0. The van der Waals surface area contributed by atoms with Crippen molar-refractivity contribution in [2.24, 2.45) is 23.7 Å². The minimum absolute atomic E-state index is 0.193. The van der Waals surface area contributed by atoms with E-state index in [-0.39, 0.29) is 35.1 Å². The van der Waals surface area contributed by atoms with Gasteiger partial charge in [-0.3, -0.25) is 0 Å². The van der Waals surface area contributed by atoms with Crippen molar-refractivity contribution in [3.63, 3.8) is 0 Å². The van der Waals surface area contributed by atoms with Crippen LogP contribution in [0.2, 0.25) is 0 Å². The normalized spacial score (nSPS) is 25.6. The maximum absolute atomic E-state index is 2.68. The van der Waals surface area contributed by atoms with Crippen LogP contribution in [0, 0.1) is 23.7 Å². The number of para-hydroxylation sites is 3. The van der Waals surface area contributed by atoms with Gasteiger partial charge in [-0.25, -0.2) is 0 Å². The topological polar surface area (TPSA) is 6.48 Å². The van der Waals surface area contributed by atoms with E-state index >= 15 is 0 Å². The molecule has 6 aromatic rings. The van der Waals surface area contributed by atoms with E-state index in [1.807, 2.05) is 0 Å². The summed E-state index contributed by atoms with van der Waals surface area (Å²) in [5, 5.41) is 0. The third-order valence-corrected chi connectivity index (χ3v) is 15.0. The Morgan fingerprint density at radius 3 is 2.05 bits per heavy atom. The summed E-state index contributed by atoms with van der Waals surface area (Å²) in [4.78, 5) is 5.26. The first-order valence-electron chi connectivity index (χ1n) is 23.2. The number of hydrogen-bond acceptors (Lipinski definition) is 2. The third kappa shape index (κ3) is 6.06. The molecule has 6 aliphatic rings. The number of allylic oxidation sites excluding steroid dienone is 12. The van der Waals surface area contributed by atoms with Gasteiger partial charge in [0.2, 0.25) is 0 Å². The Hall–Kier alpha value is -6.90. The van der Waals surface area contributed by atoms with Crippen LogP contribution >= 0.6 is 0 Å². The Labute approximate surface area is 372 Å². The second-order valence-electron chi connectivity index (χ2n) is 18.1. The molecule has 0 radical (unpaired) electrons. The molecule has 1 saturated carbocycles. The zero-order valence-corrected chi connectivity index (χ0v) is 35.6. The molecule has 1 spiro atoms. The molecule has 12 rings (SSSR count). The van der Waals surface area contributed by atoms with Gasteiger partial charge in [0.05, 0.1) is 11.7 Å². The van der Waals surface area contributed by atoms with Crippen molar-refractivity contribution in [2.75, 3.05) is 9.80 Å².